The van der Waals surface area contributed by atoms with Gasteiger partial charge in [0.05, 0.1) is 17.8 Å². The number of likely N-dealkylation sites (tertiary alicyclic amines) is 2. The predicted octanol–water partition coefficient (Wildman–Crippen LogP) is 3.20. The van der Waals surface area contributed by atoms with E-state index < -0.39 is 0 Å². The standard InChI is InChI=1S/C23H30N4O2/c1-5-10-27-16(3)20(11-24-27)23(29)25-12-18-13-26(17(4)28)22(21(18)14-25)19-9-7-6-8-15(19)2/h6-9,11,18,21-22H,5,10,12-14H2,1-4H3/t18-,21-,22+/m1/s1. The van der Waals surface area contributed by atoms with Crippen LogP contribution in [0.25, 0.3) is 0 Å². The summed E-state index contributed by atoms with van der Waals surface area (Å²) in [7, 11) is 0. The monoisotopic (exact) mass is 394 g/mol. The Labute approximate surface area is 172 Å². The Hall–Kier alpha value is -2.63. The van der Waals surface area contributed by atoms with Gasteiger partial charge in [-0.05, 0) is 31.4 Å². The number of carbonyl (C=O) groups is 2. The van der Waals surface area contributed by atoms with E-state index in [0.29, 0.717) is 24.6 Å². The second kappa shape index (κ2) is 7.65. The van der Waals surface area contributed by atoms with Crippen LogP contribution in [-0.2, 0) is 11.3 Å². The number of hydrogen-bond acceptors (Lipinski definition) is 3. The maximum Gasteiger partial charge on any atom is 0.257 e. The predicted molar refractivity (Wildman–Crippen MR) is 111 cm³/mol. The van der Waals surface area contributed by atoms with Crippen LogP contribution in [0, 0.1) is 25.7 Å². The largest absolute Gasteiger partial charge is 0.338 e. The molecule has 2 saturated heterocycles. The minimum absolute atomic E-state index is 0.0420. The van der Waals surface area contributed by atoms with Crippen molar-refractivity contribution in [2.24, 2.45) is 11.8 Å². The van der Waals surface area contributed by atoms with Crippen molar-refractivity contribution in [3.8, 4) is 0 Å². The molecule has 4 rings (SSSR count). The highest BCUT2D eigenvalue weighted by Crippen LogP contribution is 2.46. The van der Waals surface area contributed by atoms with Gasteiger partial charge in [0.15, 0.2) is 0 Å². The number of nitrogens with zero attached hydrogens (tertiary/aromatic N) is 4. The van der Waals surface area contributed by atoms with Crippen LogP contribution in [0.15, 0.2) is 30.5 Å². The van der Waals surface area contributed by atoms with E-state index in [2.05, 4.69) is 31.1 Å². The average molecular weight is 395 g/mol. The van der Waals surface area contributed by atoms with E-state index >= 15 is 0 Å². The quantitative estimate of drug-likeness (QED) is 0.800. The summed E-state index contributed by atoms with van der Waals surface area (Å²) in [6.45, 7) is 10.8. The summed E-state index contributed by atoms with van der Waals surface area (Å²) in [4.78, 5) is 29.6. The summed E-state index contributed by atoms with van der Waals surface area (Å²) in [6, 6.07) is 8.34. The molecule has 0 saturated carbocycles. The Morgan fingerprint density at radius 2 is 1.90 bits per heavy atom. The van der Waals surface area contributed by atoms with E-state index in [0.717, 1.165) is 25.2 Å². The summed E-state index contributed by atoms with van der Waals surface area (Å²) < 4.78 is 1.91. The molecule has 2 amide bonds. The normalized spacial score (nSPS) is 23.5. The highest BCUT2D eigenvalue weighted by Gasteiger charge is 2.49. The highest BCUT2D eigenvalue weighted by molar-refractivity contribution is 5.95. The Morgan fingerprint density at radius 1 is 1.14 bits per heavy atom. The summed E-state index contributed by atoms with van der Waals surface area (Å²) >= 11 is 0. The molecule has 2 aromatic rings. The molecule has 29 heavy (non-hydrogen) atoms. The van der Waals surface area contributed by atoms with Gasteiger partial charge in [-0.25, -0.2) is 0 Å². The first kappa shape index (κ1) is 19.7. The molecular weight excluding hydrogens is 364 g/mol. The number of aryl methyl sites for hydroxylation is 2. The molecule has 154 valence electrons. The van der Waals surface area contributed by atoms with E-state index in [9.17, 15) is 9.59 Å². The number of benzene rings is 1. The first-order valence-electron chi connectivity index (χ1n) is 10.6. The van der Waals surface area contributed by atoms with Crippen LogP contribution in [0.1, 0.15) is 53.5 Å². The second-order valence-electron chi connectivity index (χ2n) is 8.47. The molecule has 6 nitrogen and oxygen atoms in total. The molecular formula is C23H30N4O2. The molecule has 2 fully saturated rings. The average Bonchev–Trinajstić information content (AvgIpc) is 3.35. The summed E-state index contributed by atoms with van der Waals surface area (Å²) in [5, 5.41) is 4.40. The minimum Gasteiger partial charge on any atom is -0.338 e. The van der Waals surface area contributed by atoms with E-state index in [-0.39, 0.29) is 23.8 Å². The number of rotatable bonds is 4. The number of hydrogen-bond donors (Lipinski definition) is 0. The van der Waals surface area contributed by atoms with Crippen LogP contribution in [0.2, 0.25) is 0 Å². The third-order valence-corrected chi connectivity index (χ3v) is 6.63. The topological polar surface area (TPSA) is 58.4 Å². The smallest absolute Gasteiger partial charge is 0.257 e. The molecule has 2 aliphatic rings. The van der Waals surface area contributed by atoms with Crippen molar-refractivity contribution >= 4 is 11.8 Å². The van der Waals surface area contributed by atoms with Gasteiger partial charge in [-0.3, -0.25) is 14.3 Å². The van der Waals surface area contributed by atoms with Crippen LogP contribution >= 0.6 is 0 Å². The van der Waals surface area contributed by atoms with Gasteiger partial charge >= 0.3 is 0 Å². The molecule has 1 aromatic carbocycles. The Kier molecular flexibility index (Phi) is 5.19. The first-order chi connectivity index (χ1) is 13.9. The lowest BCUT2D eigenvalue weighted by molar-refractivity contribution is -0.130. The number of fused-ring (bicyclic) bond motifs is 1. The fraction of sp³-hybridized carbons (Fsp3) is 0.522. The lowest BCUT2D eigenvalue weighted by Crippen LogP contribution is -2.36. The molecule has 2 aliphatic heterocycles. The maximum absolute atomic E-state index is 13.2. The number of carbonyl (C=O) groups excluding carboxylic acids is 2. The van der Waals surface area contributed by atoms with E-state index in [4.69, 9.17) is 0 Å². The Balaban J connectivity index is 1.59. The minimum atomic E-state index is 0.0420. The lowest BCUT2D eigenvalue weighted by atomic mass is 9.87. The molecule has 3 heterocycles. The third kappa shape index (κ3) is 3.34. The van der Waals surface area contributed by atoms with Gasteiger partial charge in [0.25, 0.3) is 5.91 Å². The van der Waals surface area contributed by atoms with Crippen LogP contribution in [0.4, 0.5) is 0 Å². The fourth-order valence-electron chi connectivity index (χ4n) is 5.12. The van der Waals surface area contributed by atoms with Crippen LogP contribution in [-0.4, -0.2) is 51.0 Å². The zero-order valence-corrected chi connectivity index (χ0v) is 17.8. The van der Waals surface area contributed by atoms with Crippen molar-refractivity contribution in [2.75, 3.05) is 19.6 Å². The second-order valence-corrected chi connectivity index (χ2v) is 8.47. The molecule has 0 aliphatic carbocycles. The molecule has 6 heteroatoms. The SMILES string of the molecule is CCCn1ncc(C(=O)N2C[C@@H]3CN(C(C)=O)[C@@H](c4ccccc4C)[C@@H]3C2)c1C. The van der Waals surface area contributed by atoms with Gasteiger partial charge in [-0.2, -0.15) is 5.10 Å². The van der Waals surface area contributed by atoms with Crippen molar-refractivity contribution in [1.29, 1.82) is 0 Å². The van der Waals surface area contributed by atoms with Gasteiger partial charge in [-0.1, -0.05) is 31.2 Å². The third-order valence-electron chi connectivity index (χ3n) is 6.63. The Bertz CT molecular complexity index is 935. The van der Waals surface area contributed by atoms with E-state index in [1.807, 2.05) is 33.5 Å². The van der Waals surface area contributed by atoms with Gasteiger partial charge in [0, 0.05) is 50.6 Å². The summed E-state index contributed by atoms with van der Waals surface area (Å²) in [5.41, 5.74) is 4.05. The molecule has 3 atom stereocenters. The van der Waals surface area contributed by atoms with Crippen molar-refractivity contribution in [1.82, 2.24) is 19.6 Å². The maximum atomic E-state index is 13.2. The molecule has 1 aromatic heterocycles. The molecule has 0 N–H and O–H groups in total. The fourth-order valence-corrected chi connectivity index (χ4v) is 5.12. The van der Waals surface area contributed by atoms with E-state index in [1.165, 1.54) is 11.1 Å². The number of aromatic nitrogens is 2. The van der Waals surface area contributed by atoms with E-state index in [1.54, 1.807) is 13.1 Å². The van der Waals surface area contributed by atoms with Crippen molar-refractivity contribution < 1.29 is 9.59 Å². The summed E-state index contributed by atoms with van der Waals surface area (Å²) in [6.07, 6.45) is 2.70. The first-order valence-corrected chi connectivity index (χ1v) is 10.6. The van der Waals surface area contributed by atoms with Crippen molar-refractivity contribution in [3.05, 3.63) is 52.8 Å². The molecule has 0 spiro atoms. The van der Waals surface area contributed by atoms with Gasteiger partial charge < -0.3 is 9.80 Å². The van der Waals surface area contributed by atoms with Gasteiger partial charge in [0.2, 0.25) is 5.91 Å². The van der Waals surface area contributed by atoms with Gasteiger partial charge in [0.1, 0.15) is 0 Å². The van der Waals surface area contributed by atoms with Crippen LogP contribution in [0.3, 0.4) is 0 Å². The van der Waals surface area contributed by atoms with Crippen molar-refractivity contribution in [2.45, 2.75) is 46.7 Å². The van der Waals surface area contributed by atoms with Crippen molar-refractivity contribution in [3.63, 3.8) is 0 Å². The zero-order valence-electron chi connectivity index (χ0n) is 17.8. The van der Waals surface area contributed by atoms with Crippen LogP contribution in [0.5, 0.6) is 0 Å². The molecule has 0 bridgehead atoms. The van der Waals surface area contributed by atoms with Gasteiger partial charge in [-0.15, -0.1) is 0 Å². The zero-order chi connectivity index (χ0) is 20.7. The lowest BCUT2D eigenvalue weighted by Gasteiger charge is -2.30. The molecule has 0 radical (unpaired) electrons. The summed E-state index contributed by atoms with van der Waals surface area (Å²) in [5.74, 6) is 0.771. The number of amides is 2. The molecule has 0 unspecified atom stereocenters. The van der Waals surface area contributed by atoms with Crippen LogP contribution < -0.4 is 0 Å². The Morgan fingerprint density at radius 3 is 2.59 bits per heavy atom. The highest BCUT2D eigenvalue weighted by atomic mass is 16.2.